The molecule has 0 radical (unpaired) electrons. The first-order valence-electron chi connectivity index (χ1n) is 7.37. The second-order valence-corrected chi connectivity index (χ2v) is 5.66. The number of piperidine rings is 1. The normalized spacial score (nSPS) is 25.0. The molecule has 0 aromatic heterocycles. The van der Waals surface area contributed by atoms with E-state index < -0.39 is 11.9 Å². The molecular formula is C16H18N2O3. The van der Waals surface area contributed by atoms with Crippen molar-refractivity contribution >= 4 is 17.7 Å². The molecule has 5 heteroatoms. The summed E-state index contributed by atoms with van der Waals surface area (Å²) >= 11 is 0. The lowest BCUT2D eigenvalue weighted by molar-refractivity contribution is -0.137. The van der Waals surface area contributed by atoms with Crippen LogP contribution in [0.5, 0.6) is 0 Å². The highest BCUT2D eigenvalue weighted by atomic mass is 16.2. The minimum atomic E-state index is -0.593. The van der Waals surface area contributed by atoms with Crippen molar-refractivity contribution in [2.45, 2.75) is 44.1 Å². The van der Waals surface area contributed by atoms with Crippen LogP contribution < -0.4 is 10.6 Å². The van der Waals surface area contributed by atoms with Crippen molar-refractivity contribution in [3.05, 3.63) is 35.4 Å². The van der Waals surface area contributed by atoms with Gasteiger partial charge in [-0.25, -0.2) is 0 Å². The van der Waals surface area contributed by atoms with Crippen molar-refractivity contribution < 1.29 is 14.4 Å². The third kappa shape index (κ3) is 2.82. The minimum Gasteiger partial charge on any atom is -0.344 e. The molecule has 0 bridgehead atoms. The highest BCUT2D eigenvalue weighted by Crippen LogP contribution is 2.31. The molecule has 0 spiro atoms. The average Bonchev–Trinajstić information content (AvgIpc) is 2.49. The zero-order chi connectivity index (χ0) is 14.8. The van der Waals surface area contributed by atoms with Crippen LogP contribution in [0.1, 0.15) is 42.7 Å². The van der Waals surface area contributed by atoms with Crippen LogP contribution in [0.4, 0.5) is 0 Å². The molecule has 2 N–H and O–H groups in total. The molecule has 5 nitrogen and oxygen atoms in total. The highest BCUT2D eigenvalue weighted by molar-refractivity contribution is 6.02. The summed E-state index contributed by atoms with van der Waals surface area (Å²) in [6.07, 6.45) is 3.43. The number of rotatable bonds is 2. The van der Waals surface area contributed by atoms with Crippen LogP contribution in [0.25, 0.3) is 0 Å². The largest absolute Gasteiger partial charge is 0.344 e. The van der Waals surface area contributed by atoms with E-state index >= 15 is 0 Å². The zero-order valence-electron chi connectivity index (χ0n) is 11.7. The number of aryl methyl sites for hydroxylation is 1. The van der Waals surface area contributed by atoms with E-state index in [2.05, 4.69) is 16.7 Å². The molecule has 3 rings (SSSR count). The molecule has 1 aliphatic carbocycles. The molecule has 1 fully saturated rings. The topological polar surface area (TPSA) is 75.3 Å². The highest BCUT2D eigenvalue weighted by Gasteiger charge is 2.32. The minimum absolute atomic E-state index is 0.114. The molecule has 21 heavy (non-hydrogen) atoms. The number of hydrogen-bond acceptors (Lipinski definition) is 3. The Hall–Kier alpha value is -2.17. The lowest BCUT2D eigenvalue weighted by Crippen LogP contribution is -2.53. The standard InChI is InChI=1S/C16H18N2O3/c19-14-9-8-13(16(21)18-14)17-15(20)12-7-3-5-10-4-1-2-6-11(10)12/h1-2,4,6,12-13H,3,5,7-9H2,(H,17,20)(H,18,19,21)/t12-,13-/m0/s1. The molecule has 1 saturated heterocycles. The van der Waals surface area contributed by atoms with Crippen molar-refractivity contribution in [3.63, 3.8) is 0 Å². The lowest BCUT2D eigenvalue weighted by Gasteiger charge is -2.28. The van der Waals surface area contributed by atoms with Crippen LogP contribution in [0.3, 0.4) is 0 Å². The maximum absolute atomic E-state index is 12.5. The van der Waals surface area contributed by atoms with Gasteiger partial charge in [0.15, 0.2) is 0 Å². The molecule has 1 aromatic rings. The van der Waals surface area contributed by atoms with E-state index in [0.29, 0.717) is 6.42 Å². The van der Waals surface area contributed by atoms with Crippen LogP contribution in [0.2, 0.25) is 0 Å². The monoisotopic (exact) mass is 286 g/mol. The van der Waals surface area contributed by atoms with E-state index in [4.69, 9.17) is 0 Å². The summed E-state index contributed by atoms with van der Waals surface area (Å²) in [5.74, 6) is -0.978. The van der Waals surface area contributed by atoms with E-state index in [1.807, 2.05) is 18.2 Å². The van der Waals surface area contributed by atoms with Crippen LogP contribution >= 0.6 is 0 Å². The van der Waals surface area contributed by atoms with Gasteiger partial charge in [-0.3, -0.25) is 19.7 Å². The van der Waals surface area contributed by atoms with Gasteiger partial charge in [0.2, 0.25) is 17.7 Å². The first kappa shape index (κ1) is 13.8. The van der Waals surface area contributed by atoms with Crippen LogP contribution in [-0.2, 0) is 20.8 Å². The molecule has 0 saturated carbocycles. The Morgan fingerprint density at radius 1 is 1.14 bits per heavy atom. The molecule has 110 valence electrons. The summed E-state index contributed by atoms with van der Waals surface area (Å²) in [5.41, 5.74) is 2.28. The average molecular weight is 286 g/mol. The second kappa shape index (κ2) is 5.68. The van der Waals surface area contributed by atoms with Gasteiger partial charge in [0.1, 0.15) is 6.04 Å². The van der Waals surface area contributed by atoms with Gasteiger partial charge in [-0.1, -0.05) is 24.3 Å². The summed E-state index contributed by atoms with van der Waals surface area (Å²) in [4.78, 5) is 35.3. The Balaban J connectivity index is 1.72. The van der Waals surface area contributed by atoms with Gasteiger partial charge in [-0.2, -0.15) is 0 Å². The summed E-state index contributed by atoms with van der Waals surface area (Å²) in [6.45, 7) is 0. The van der Waals surface area contributed by atoms with E-state index in [1.165, 1.54) is 5.56 Å². The summed E-state index contributed by atoms with van der Waals surface area (Å²) < 4.78 is 0. The number of nitrogens with one attached hydrogen (secondary N) is 2. The Labute approximate surface area is 123 Å². The maximum atomic E-state index is 12.5. The fourth-order valence-corrected chi connectivity index (χ4v) is 3.13. The number of hydrogen-bond donors (Lipinski definition) is 2. The molecule has 2 atom stereocenters. The van der Waals surface area contributed by atoms with Gasteiger partial charge < -0.3 is 5.32 Å². The maximum Gasteiger partial charge on any atom is 0.249 e. The van der Waals surface area contributed by atoms with Crippen LogP contribution in [-0.4, -0.2) is 23.8 Å². The lowest BCUT2D eigenvalue weighted by atomic mass is 9.82. The number of imide groups is 1. The van der Waals surface area contributed by atoms with Gasteiger partial charge in [0, 0.05) is 6.42 Å². The van der Waals surface area contributed by atoms with Gasteiger partial charge >= 0.3 is 0 Å². The van der Waals surface area contributed by atoms with Crippen LogP contribution in [0, 0.1) is 0 Å². The molecule has 1 aromatic carbocycles. The van der Waals surface area contributed by atoms with Crippen molar-refractivity contribution in [2.24, 2.45) is 0 Å². The van der Waals surface area contributed by atoms with E-state index in [9.17, 15) is 14.4 Å². The Morgan fingerprint density at radius 3 is 2.76 bits per heavy atom. The molecule has 1 aliphatic heterocycles. The van der Waals surface area contributed by atoms with Gasteiger partial charge in [-0.15, -0.1) is 0 Å². The quantitative estimate of drug-likeness (QED) is 0.797. The third-order valence-electron chi connectivity index (χ3n) is 4.24. The van der Waals surface area contributed by atoms with Gasteiger partial charge in [0.05, 0.1) is 5.92 Å². The molecular weight excluding hydrogens is 268 g/mol. The fourth-order valence-electron chi connectivity index (χ4n) is 3.13. The van der Waals surface area contributed by atoms with Crippen molar-refractivity contribution in [1.29, 1.82) is 0 Å². The molecule has 3 amide bonds. The van der Waals surface area contributed by atoms with Crippen molar-refractivity contribution in [1.82, 2.24) is 10.6 Å². The number of benzene rings is 1. The summed E-state index contributed by atoms with van der Waals surface area (Å²) in [7, 11) is 0. The van der Waals surface area contributed by atoms with Crippen molar-refractivity contribution in [2.75, 3.05) is 0 Å². The first-order valence-corrected chi connectivity index (χ1v) is 7.37. The molecule has 0 unspecified atom stereocenters. The second-order valence-electron chi connectivity index (χ2n) is 5.66. The summed E-state index contributed by atoms with van der Waals surface area (Å²) in [5, 5.41) is 5.06. The first-order chi connectivity index (χ1) is 10.1. The third-order valence-corrected chi connectivity index (χ3v) is 4.24. The Bertz CT molecular complexity index is 597. The number of carbonyl (C=O) groups is 3. The fraction of sp³-hybridized carbons (Fsp3) is 0.438. The van der Waals surface area contributed by atoms with Gasteiger partial charge in [0.25, 0.3) is 0 Å². The summed E-state index contributed by atoms with van der Waals surface area (Å²) in [6, 6.07) is 7.38. The number of amides is 3. The molecule has 2 aliphatic rings. The van der Waals surface area contributed by atoms with Crippen LogP contribution in [0.15, 0.2) is 24.3 Å². The smallest absolute Gasteiger partial charge is 0.249 e. The predicted octanol–water partition coefficient (Wildman–Crippen LogP) is 1.03. The number of carbonyl (C=O) groups excluding carboxylic acids is 3. The van der Waals surface area contributed by atoms with E-state index in [1.54, 1.807) is 0 Å². The van der Waals surface area contributed by atoms with E-state index in [-0.39, 0.29) is 24.2 Å². The number of fused-ring (bicyclic) bond motifs is 1. The van der Waals surface area contributed by atoms with Gasteiger partial charge in [-0.05, 0) is 36.8 Å². The predicted molar refractivity (Wildman–Crippen MR) is 76.4 cm³/mol. The molecule has 1 heterocycles. The Kier molecular flexibility index (Phi) is 3.73. The Morgan fingerprint density at radius 2 is 1.95 bits per heavy atom. The van der Waals surface area contributed by atoms with Crippen molar-refractivity contribution in [3.8, 4) is 0 Å². The zero-order valence-corrected chi connectivity index (χ0v) is 11.7. The SMILES string of the molecule is O=C1CC[C@H](NC(=O)[C@H]2CCCc3ccccc32)C(=O)N1. The van der Waals surface area contributed by atoms with E-state index in [0.717, 1.165) is 24.8 Å².